The highest BCUT2D eigenvalue weighted by Crippen LogP contribution is 2.22. The predicted octanol–water partition coefficient (Wildman–Crippen LogP) is 3.62. The number of hydrogen-bond acceptors (Lipinski definition) is 2. The topological polar surface area (TPSA) is 55.1 Å². The van der Waals surface area contributed by atoms with Crippen molar-refractivity contribution in [1.82, 2.24) is 0 Å². The van der Waals surface area contributed by atoms with Gasteiger partial charge in [0, 0.05) is 11.4 Å². The molecule has 3 nitrogen and oxygen atoms in total. The van der Waals surface area contributed by atoms with Crippen LogP contribution in [0.3, 0.4) is 0 Å². The van der Waals surface area contributed by atoms with Crippen LogP contribution in [0.25, 0.3) is 0 Å². The molecule has 19 heavy (non-hydrogen) atoms. The Morgan fingerprint density at radius 2 is 2.05 bits per heavy atom. The number of benzene rings is 2. The number of nitrogens with one attached hydrogen (secondary N) is 1. The first-order valence-corrected chi connectivity index (χ1v) is 5.98. The number of aryl methyl sites for hydroxylation is 1. The second kappa shape index (κ2) is 5.28. The number of nitrogen functional groups attached to an aromatic ring is 1. The van der Waals surface area contributed by atoms with Gasteiger partial charge in [0.1, 0.15) is 5.82 Å². The van der Waals surface area contributed by atoms with Crippen molar-refractivity contribution in [2.45, 2.75) is 6.92 Å². The minimum Gasteiger partial charge on any atom is -0.398 e. The van der Waals surface area contributed by atoms with Gasteiger partial charge < -0.3 is 11.1 Å². The summed E-state index contributed by atoms with van der Waals surface area (Å²) in [6.45, 7) is 1.87. The van der Waals surface area contributed by atoms with E-state index in [-0.39, 0.29) is 10.6 Å². The molecule has 0 heterocycles. The molecule has 2 aromatic carbocycles. The molecule has 98 valence electrons. The van der Waals surface area contributed by atoms with Gasteiger partial charge in [0.15, 0.2) is 0 Å². The molecule has 0 aliphatic heterocycles. The SMILES string of the molecule is Cc1ccc(NC(=O)c2cccc(F)c2Cl)cc1N. The fourth-order valence-corrected chi connectivity index (χ4v) is 1.81. The molecule has 0 aliphatic carbocycles. The van der Waals surface area contributed by atoms with Crippen LogP contribution >= 0.6 is 11.6 Å². The summed E-state index contributed by atoms with van der Waals surface area (Å²) in [7, 11) is 0. The van der Waals surface area contributed by atoms with E-state index in [2.05, 4.69) is 5.32 Å². The molecule has 3 N–H and O–H groups in total. The Morgan fingerprint density at radius 1 is 1.32 bits per heavy atom. The van der Waals surface area contributed by atoms with Gasteiger partial charge in [0.2, 0.25) is 0 Å². The Morgan fingerprint density at radius 3 is 2.74 bits per heavy atom. The summed E-state index contributed by atoms with van der Waals surface area (Å²) in [6.07, 6.45) is 0. The highest BCUT2D eigenvalue weighted by atomic mass is 35.5. The number of anilines is 2. The first-order chi connectivity index (χ1) is 8.99. The third-order valence-electron chi connectivity index (χ3n) is 2.73. The van der Waals surface area contributed by atoms with Gasteiger partial charge in [-0.1, -0.05) is 23.7 Å². The van der Waals surface area contributed by atoms with Crippen molar-refractivity contribution in [3.8, 4) is 0 Å². The van der Waals surface area contributed by atoms with Gasteiger partial charge in [0.25, 0.3) is 5.91 Å². The number of hydrogen-bond donors (Lipinski definition) is 2. The standard InChI is InChI=1S/C14H12ClFN2O/c1-8-5-6-9(7-12(8)17)18-14(19)10-3-2-4-11(16)13(10)15/h2-7H,17H2,1H3,(H,18,19). The number of carbonyl (C=O) groups excluding carboxylic acids is 1. The van der Waals surface area contributed by atoms with Crippen LogP contribution in [-0.4, -0.2) is 5.91 Å². The lowest BCUT2D eigenvalue weighted by molar-refractivity contribution is 0.102. The molecule has 2 aromatic rings. The molecule has 0 spiro atoms. The summed E-state index contributed by atoms with van der Waals surface area (Å²) in [6, 6.07) is 9.23. The van der Waals surface area contributed by atoms with Crippen LogP contribution in [0.2, 0.25) is 5.02 Å². The maximum atomic E-state index is 13.3. The van der Waals surface area contributed by atoms with E-state index in [1.54, 1.807) is 18.2 Å². The van der Waals surface area contributed by atoms with Crippen LogP contribution in [-0.2, 0) is 0 Å². The Hall–Kier alpha value is -2.07. The van der Waals surface area contributed by atoms with E-state index >= 15 is 0 Å². The molecule has 0 aliphatic rings. The van der Waals surface area contributed by atoms with Gasteiger partial charge in [-0.05, 0) is 36.8 Å². The van der Waals surface area contributed by atoms with Crippen LogP contribution in [0.4, 0.5) is 15.8 Å². The summed E-state index contributed by atoms with van der Waals surface area (Å²) in [5.41, 5.74) is 7.86. The minimum atomic E-state index is -0.627. The number of amides is 1. The third-order valence-corrected chi connectivity index (χ3v) is 3.12. The lowest BCUT2D eigenvalue weighted by Crippen LogP contribution is -2.13. The smallest absolute Gasteiger partial charge is 0.257 e. The van der Waals surface area contributed by atoms with Gasteiger partial charge in [-0.25, -0.2) is 4.39 Å². The van der Waals surface area contributed by atoms with E-state index in [0.717, 1.165) is 5.56 Å². The summed E-state index contributed by atoms with van der Waals surface area (Å²) in [5, 5.41) is 2.43. The second-order valence-corrected chi connectivity index (χ2v) is 4.50. The zero-order valence-electron chi connectivity index (χ0n) is 10.2. The van der Waals surface area contributed by atoms with Crippen LogP contribution in [0.5, 0.6) is 0 Å². The molecule has 0 bridgehead atoms. The van der Waals surface area contributed by atoms with Crippen molar-refractivity contribution in [2.75, 3.05) is 11.1 Å². The normalized spacial score (nSPS) is 10.3. The monoisotopic (exact) mass is 278 g/mol. The van der Waals surface area contributed by atoms with Crippen molar-refractivity contribution in [3.63, 3.8) is 0 Å². The molecule has 0 saturated heterocycles. The van der Waals surface area contributed by atoms with Crippen molar-refractivity contribution in [1.29, 1.82) is 0 Å². The van der Waals surface area contributed by atoms with Crippen molar-refractivity contribution >= 4 is 28.9 Å². The molecule has 1 amide bonds. The van der Waals surface area contributed by atoms with Crippen molar-refractivity contribution in [3.05, 3.63) is 58.4 Å². The average Bonchev–Trinajstić information content (AvgIpc) is 2.37. The zero-order valence-corrected chi connectivity index (χ0v) is 11.0. The summed E-state index contributed by atoms with van der Waals surface area (Å²) < 4.78 is 13.3. The van der Waals surface area contributed by atoms with E-state index in [9.17, 15) is 9.18 Å². The second-order valence-electron chi connectivity index (χ2n) is 4.13. The largest absolute Gasteiger partial charge is 0.398 e. The molecule has 0 unspecified atom stereocenters. The van der Waals surface area contributed by atoms with Crippen LogP contribution in [0.15, 0.2) is 36.4 Å². The minimum absolute atomic E-state index is 0.0841. The molecule has 0 radical (unpaired) electrons. The number of rotatable bonds is 2. The van der Waals surface area contributed by atoms with Gasteiger partial charge in [-0.15, -0.1) is 0 Å². The Labute approximate surface area is 115 Å². The molecule has 0 atom stereocenters. The lowest BCUT2D eigenvalue weighted by atomic mass is 10.1. The van der Waals surface area contributed by atoms with Crippen molar-refractivity contribution < 1.29 is 9.18 Å². The summed E-state index contributed by atoms with van der Waals surface area (Å²) in [4.78, 5) is 12.0. The molecular formula is C14H12ClFN2O. The van der Waals surface area contributed by atoms with Crippen molar-refractivity contribution in [2.24, 2.45) is 0 Å². The van der Waals surface area contributed by atoms with Crippen LogP contribution < -0.4 is 11.1 Å². The average molecular weight is 279 g/mol. The fraction of sp³-hybridized carbons (Fsp3) is 0.0714. The maximum Gasteiger partial charge on any atom is 0.257 e. The summed E-state index contributed by atoms with van der Waals surface area (Å²) >= 11 is 5.75. The maximum absolute atomic E-state index is 13.3. The number of nitrogens with two attached hydrogens (primary N) is 1. The molecule has 5 heteroatoms. The van der Waals surface area contributed by atoms with Crippen LogP contribution in [0, 0.1) is 12.7 Å². The van der Waals surface area contributed by atoms with Gasteiger partial charge in [-0.2, -0.15) is 0 Å². The quantitative estimate of drug-likeness (QED) is 0.824. The molecule has 0 saturated carbocycles. The lowest BCUT2D eigenvalue weighted by Gasteiger charge is -2.09. The van der Waals surface area contributed by atoms with Gasteiger partial charge in [0.05, 0.1) is 10.6 Å². The Kier molecular flexibility index (Phi) is 3.71. The van der Waals surface area contributed by atoms with Gasteiger partial charge in [-0.3, -0.25) is 4.79 Å². The fourth-order valence-electron chi connectivity index (χ4n) is 1.60. The van der Waals surface area contributed by atoms with E-state index in [4.69, 9.17) is 17.3 Å². The number of halogens is 2. The van der Waals surface area contributed by atoms with E-state index in [1.807, 2.05) is 6.92 Å². The Bertz CT molecular complexity index is 643. The highest BCUT2D eigenvalue weighted by molar-refractivity contribution is 6.34. The molecule has 0 aromatic heterocycles. The Balaban J connectivity index is 2.26. The first kappa shape index (κ1) is 13.4. The zero-order chi connectivity index (χ0) is 14.0. The van der Waals surface area contributed by atoms with E-state index in [0.29, 0.717) is 11.4 Å². The van der Waals surface area contributed by atoms with Gasteiger partial charge >= 0.3 is 0 Å². The van der Waals surface area contributed by atoms with Crippen LogP contribution in [0.1, 0.15) is 15.9 Å². The first-order valence-electron chi connectivity index (χ1n) is 5.60. The van der Waals surface area contributed by atoms with E-state index < -0.39 is 11.7 Å². The third kappa shape index (κ3) is 2.85. The predicted molar refractivity (Wildman–Crippen MR) is 75.0 cm³/mol. The summed E-state index contributed by atoms with van der Waals surface area (Å²) in [5.74, 6) is -1.11. The highest BCUT2D eigenvalue weighted by Gasteiger charge is 2.13. The number of carbonyl (C=O) groups is 1. The van der Waals surface area contributed by atoms with E-state index in [1.165, 1.54) is 18.2 Å². The molecule has 2 rings (SSSR count). The molecule has 0 fully saturated rings. The molecular weight excluding hydrogens is 267 g/mol.